The maximum Gasteiger partial charge on any atom is 0.472 e. The van der Waals surface area contributed by atoms with Crippen molar-refractivity contribution in [3.05, 3.63) is 0 Å². The summed E-state index contributed by atoms with van der Waals surface area (Å²) in [5.41, 5.74) is 0. The van der Waals surface area contributed by atoms with Crippen molar-refractivity contribution in [3.8, 4) is 0 Å². The van der Waals surface area contributed by atoms with Crippen molar-refractivity contribution in [1.29, 1.82) is 0 Å². The molecule has 0 heterocycles. The first-order valence-electron chi connectivity index (χ1n) is 40.1. The first-order valence-corrected chi connectivity index (χ1v) is 43.1. The third-order valence-corrected chi connectivity index (χ3v) is 19.9. The summed E-state index contributed by atoms with van der Waals surface area (Å²) < 4.78 is 68.5. The van der Waals surface area contributed by atoms with E-state index in [9.17, 15) is 43.2 Å². The summed E-state index contributed by atoms with van der Waals surface area (Å²) in [6.07, 6.45) is 59.8. The zero-order chi connectivity index (χ0) is 70.5. The Labute approximate surface area is 588 Å². The number of unbranched alkanes of at least 4 members (excludes halogenated alkanes) is 49. The molecule has 3 N–H and O–H groups in total. The average Bonchev–Trinajstić information content (AvgIpc) is 3.24. The molecule has 2 unspecified atom stereocenters. The SMILES string of the molecule is CCCCCCCCCCCCCCCCC(=O)OC[C@H](COP(=O)(O)OC[C@@H](O)COP(=O)(O)OC[C@@H](COC(=O)CCCCCCCCC)OC(=O)CCCCCCCCCCCCCCCC)OC(=O)CCCCCCCCCCCCCCCCCCCCC(C)C. The number of aliphatic hydroxyl groups is 1. The number of phosphoric ester groups is 2. The average molecular weight is 1410 g/mol. The van der Waals surface area contributed by atoms with Gasteiger partial charge in [0.1, 0.15) is 19.3 Å². The van der Waals surface area contributed by atoms with Gasteiger partial charge in [0, 0.05) is 25.7 Å². The molecule has 17 nitrogen and oxygen atoms in total. The standard InChI is InChI=1S/C77H150O17P2/c1-6-9-12-15-18-20-22-24-33-37-41-46-51-56-61-75(80)88-67-73(94-77(82)63-58-53-48-43-39-35-31-29-27-26-28-30-32-36-40-45-49-54-59-70(4)5)69-92-96(85,86)90-65-71(78)64-89-95(83,84)91-68-72(66-87-74(79)60-55-50-44-17-14-11-8-3)93-76(81)62-57-52-47-42-38-34-25-23-21-19-16-13-10-7-2/h70-73,78H,6-69H2,1-5H3,(H,83,84)(H,85,86)/t71-,72+,73+/m0/s1. The Balaban J connectivity index is 5.16. The molecule has 5 atom stereocenters. The van der Waals surface area contributed by atoms with Crippen LogP contribution in [0.3, 0.4) is 0 Å². The molecule has 0 saturated carbocycles. The molecule has 0 aromatic rings. The van der Waals surface area contributed by atoms with E-state index in [4.69, 9.17) is 37.0 Å². The normalized spacial score (nSPS) is 13.9. The number of hydrogen-bond acceptors (Lipinski definition) is 15. The molecule has 0 aromatic heterocycles. The Kier molecular flexibility index (Phi) is 68.7. The lowest BCUT2D eigenvalue weighted by Gasteiger charge is -2.21. The van der Waals surface area contributed by atoms with E-state index in [2.05, 4.69) is 34.6 Å². The predicted molar refractivity (Wildman–Crippen MR) is 391 cm³/mol. The second kappa shape index (κ2) is 70.1. The molecule has 0 fully saturated rings. The molecular formula is C77H150O17P2. The third-order valence-electron chi connectivity index (χ3n) is 18.0. The van der Waals surface area contributed by atoms with E-state index in [1.165, 1.54) is 218 Å². The van der Waals surface area contributed by atoms with Gasteiger partial charge in [0.05, 0.1) is 26.4 Å². The molecule has 96 heavy (non-hydrogen) atoms. The highest BCUT2D eigenvalue weighted by Crippen LogP contribution is 2.45. The van der Waals surface area contributed by atoms with Crippen molar-refractivity contribution in [1.82, 2.24) is 0 Å². The van der Waals surface area contributed by atoms with Gasteiger partial charge in [0.15, 0.2) is 12.2 Å². The Morgan fingerprint density at radius 2 is 0.479 bits per heavy atom. The van der Waals surface area contributed by atoms with Crippen LogP contribution in [0.1, 0.15) is 407 Å². The fraction of sp³-hybridized carbons (Fsp3) is 0.948. The Morgan fingerprint density at radius 3 is 0.708 bits per heavy atom. The number of carbonyl (C=O) groups excluding carboxylic acids is 4. The van der Waals surface area contributed by atoms with Gasteiger partial charge in [-0.25, -0.2) is 9.13 Å². The molecule has 0 aliphatic rings. The van der Waals surface area contributed by atoms with Gasteiger partial charge in [-0.1, -0.05) is 356 Å². The van der Waals surface area contributed by atoms with Gasteiger partial charge in [-0.3, -0.25) is 37.3 Å². The van der Waals surface area contributed by atoms with Crippen LogP contribution in [0, 0.1) is 5.92 Å². The lowest BCUT2D eigenvalue weighted by atomic mass is 10.0. The van der Waals surface area contributed by atoms with E-state index in [0.29, 0.717) is 25.7 Å². The lowest BCUT2D eigenvalue weighted by molar-refractivity contribution is -0.161. The van der Waals surface area contributed by atoms with Crippen LogP contribution < -0.4 is 0 Å². The van der Waals surface area contributed by atoms with Crippen molar-refractivity contribution in [2.45, 2.75) is 425 Å². The maximum atomic E-state index is 13.1. The molecular weight excluding hydrogens is 1260 g/mol. The maximum absolute atomic E-state index is 13.1. The smallest absolute Gasteiger partial charge is 0.462 e. The van der Waals surface area contributed by atoms with E-state index in [1.54, 1.807) is 0 Å². The first-order chi connectivity index (χ1) is 46.5. The van der Waals surface area contributed by atoms with Gasteiger partial charge in [-0.2, -0.15) is 0 Å². The van der Waals surface area contributed by atoms with Gasteiger partial charge in [-0.05, 0) is 31.6 Å². The summed E-state index contributed by atoms with van der Waals surface area (Å²) in [6, 6.07) is 0. The fourth-order valence-corrected chi connectivity index (χ4v) is 13.5. The summed E-state index contributed by atoms with van der Waals surface area (Å²) in [7, 11) is -9.91. The van der Waals surface area contributed by atoms with Crippen molar-refractivity contribution in [2.75, 3.05) is 39.6 Å². The zero-order valence-corrected chi connectivity index (χ0v) is 64.3. The minimum absolute atomic E-state index is 0.108. The minimum Gasteiger partial charge on any atom is -0.462 e. The van der Waals surface area contributed by atoms with Crippen LogP contribution in [0.5, 0.6) is 0 Å². The Bertz CT molecular complexity index is 1840. The van der Waals surface area contributed by atoms with Gasteiger partial charge < -0.3 is 33.8 Å². The molecule has 0 amide bonds. The summed E-state index contributed by atoms with van der Waals surface area (Å²) in [6.45, 7) is 7.30. The zero-order valence-electron chi connectivity index (χ0n) is 62.5. The van der Waals surface area contributed by atoms with Gasteiger partial charge >= 0.3 is 39.5 Å². The number of aliphatic hydroxyl groups excluding tert-OH is 1. The second-order valence-electron chi connectivity index (χ2n) is 28.2. The number of esters is 4. The summed E-state index contributed by atoms with van der Waals surface area (Å²) in [5, 5.41) is 10.6. The van der Waals surface area contributed by atoms with E-state index in [0.717, 1.165) is 109 Å². The second-order valence-corrected chi connectivity index (χ2v) is 31.1. The van der Waals surface area contributed by atoms with E-state index < -0.39 is 97.5 Å². The van der Waals surface area contributed by atoms with Crippen LogP contribution in [0.15, 0.2) is 0 Å². The molecule has 0 aromatic carbocycles. The van der Waals surface area contributed by atoms with E-state index >= 15 is 0 Å². The van der Waals surface area contributed by atoms with E-state index in [1.807, 2.05) is 0 Å². The summed E-state index contributed by atoms with van der Waals surface area (Å²) in [4.78, 5) is 72.7. The van der Waals surface area contributed by atoms with Crippen LogP contribution in [-0.2, 0) is 65.4 Å². The molecule has 0 aliphatic heterocycles. The molecule has 0 rings (SSSR count). The molecule has 0 spiro atoms. The highest BCUT2D eigenvalue weighted by molar-refractivity contribution is 7.47. The van der Waals surface area contributed by atoms with Crippen molar-refractivity contribution >= 4 is 39.5 Å². The lowest BCUT2D eigenvalue weighted by Crippen LogP contribution is -2.30. The number of carbonyl (C=O) groups is 4. The monoisotopic (exact) mass is 1410 g/mol. The third kappa shape index (κ3) is 70.5. The first kappa shape index (κ1) is 94.1. The predicted octanol–water partition coefficient (Wildman–Crippen LogP) is 22.9. The van der Waals surface area contributed by atoms with Gasteiger partial charge in [-0.15, -0.1) is 0 Å². The number of rotatable bonds is 77. The molecule has 570 valence electrons. The number of hydrogen-bond donors (Lipinski definition) is 3. The van der Waals surface area contributed by atoms with Crippen molar-refractivity contribution in [3.63, 3.8) is 0 Å². The highest BCUT2D eigenvalue weighted by Gasteiger charge is 2.30. The van der Waals surface area contributed by atoms with Crippen LogP contribution >= 0.6 is 15.6 Å². The van der Waals surface area contributed by atoms with Gasteiger partial charge in [0.25, 0.3) is 0 Å². The topological polar surface area (TPSA) is 237 Å². The Hall–Kier alpha value is -1.94. The number of phosphoric acid groups is 2. The van der Waals surface area contributed by atoms with Crippen LogP contribution in [0.4, 0.5) is 0 Å². The molecule has 0 radical (unpaired) electrons. The highest BCUT2D eigenvalue weighted by atomic mass is 31.2. The minimum atomic E-state index is -4.96. The largest absolute Gasteiger partial charge is 0.472 e. The van der Waals surface area contributed by atoms with Crippen LogP contribution in [0.2, 0.25) is 0 Å². The van der Waals surface area contributed by atoms with Crippen molar-refractivity contribution in [2.24, 2.45) is 5.92 Å². The Morgan fingerprint density at radius 1 is 0.281 bits per heavy atom. The van der Waals surface area contributed by atoms with Crippen LogP contribution in [0.25, 0.3) is 0 Å². The van der Waals surface area contributed by atoms with Crippen LogP contribution in [-0.4, -0.2) is 96.7 Å². The van der Waals surface area contributed by atoms with Crippen molar-refractivity contribution < 1.29 is 80.2 Å². The molecule has 0 aliphatic carbocycles. The number of ether oxygens (including phenoxy) is 4. The summed E-state index contributed by atoms with van der Waals surface area (Å²) in [5.74, 6) is -1.29. The molecule has 0 saturated heterocycles. The fourth-order valence-electron chi connectivity index (χ4n) is 11.9. The quantitative estimate of drug-likeness (QED) is 0.0222. The van der Waals surface area contributed by atoms with E-state index in [-0.39, 0.29) is 25.7 Å². The molecule has 0 bridgehead atoms. The molecule has 19 heteroatoms. The van der Waals surface area contributed by atoms with Gasteiger partial charge in [0.2, 0.25) is 0 Å². The summed E-state index contributed by atoms with van der Waals surface area (Å²) >= 11 is 0.